The van der Waals surface area contributed by atoms with Crippen molar-refractivity contribution in [3.8, 4) is 11.4 Å². The first kappa shape index (κ1) is 8.55. The molecule has 0 amide bonds. The predicted octanol–water partition coefficient (Wildman–Crippen LogP) is 0.975. The van der Waals surface area contributed by atoms with E-state index >= 15 is 0 Å². The maximum Gasteiger partial charge on any atom is 0.203 e. The normalized spacial score (nSPS) is 9.79. The molecule has 0 aliphatic carbocycles. The van der Waals surface area contributed by atoms with Crippen LogP contribution in [0.1, 0.15) is 0 Å². The maximum atomic E-state index is 3.86. The predicted molar refractivity (Wildman–Crippen MR) is 52.6 cm³/mol. The Morgan fingerprint density at radius 1 is 1.00 bits per heavy atom. The van der Waals surface area contributed by atoms with E-state index < -0.39 is 0 Å². The molecule has 1 N–H and O–H groups in total. The van der Waals surface area contributed by atoms with Gasteiger partial charge in [-0.2, -0.15) is 0 Å². The van der Waals surface area contributed by atoms with Crippen LogP contribution in [0.3, 0.4) is 0 Å². The van der Waals surface area contributed by atoms with Gasteiger partial charge >= 0.3 is 0 Å². The lowest BCUT2D eigenvalue weighted by atomic mass is 10.2. The van der Waals surface area contributed by atoms with Gasteiger partial charge in [-0.3, -0.25) is 0 Å². The van der Waals surface area contributed by atoms with Crippen LogP contribution in [0.15, 0.2) is 30.6 Å². The number of hydrogen-bond acceptors (Lipinski definition) is 5. The van der Waals surface area contributed by atoms with Gasteiger partial charge in [-0.05, 0) is 24.3 Å². The van der Waals surface area contributed by atoms with E-state index in [1.807, 2.05) is 31.3 Å². The summed E-state index contributed by atoms with van der Waals surface area (Å²) in [5.41, 5.74) is 1.95. The Morgan fingerprint density at radius 2 is 1.64 bits per heavy atom. The molecule has 0 bridgehead atoms. The highest BCUT2D eigenvalue weighted by molar-refractivity contribution is 5.58. The van der Waals surface area contributed by atoms with Crippen LogP contribution < -0.4 is 5.32 Å². The molecule has 1 heterocycles. The van der Waals surface area contributed by atoms with Gasteiger partial charge in [-0.15, -0.1) is 20.4 Å². The molecule has 0 radical (unpaired) electrons. The number of aromatic nitrogens is 4. The lowest BCUT2D eigenvalue weighted by Gasteiger charge is -2.00. The average molecular weight is 187 g/mol. The number of nitrogens with zero attached hydrogens (tertiary/aromatic N) is 4. The Hall–Kier alpha value is -2.04. The summed E-state index contributed by atoms with van der Waals surface area (Å²) in [7, 11) is 1.87. The number of anilines is 1. The van der Waals surface area contributed by atoms with Crippen LogP contribution in [0.5, 0.6) is 0 Å². The van der Waals surface area contributed by atoms with Crippen molar-refractivity contribution in [2.24, 2.45) is 0 Å². The zero-order valence-corrected chi connectivity index (χ0v) is 7.68. The van der Waals surface area contributed by atoms with E-state index in [0.29, 0.717) is 5.82 Å². The van der Waals surface area contributed by atoms with Crippen molar-refractivity contribution >= 4 is 5.69 Å². The molecule has 1 aromatic carbocycles. The molecule has 0 unspecified atom stereocenters. The van der Waals surface area contributed by atoms with Gasteiger partial charge in [-0.1, -0.05) is 0 Å². The number of rotatable bonds is 2. The molecule has 5 nitrogen and oxygen atoms in total. The van der Waals surface area contributed by atoms with Crippen LogP contribution in [0.4, 0.5) is 5.69 Å². The summed E-state index contributed by atoms with van der Waals surface area (Å²) in [6.45, 7) is 0. The molecule has 2 aromatic rings. The van der Waals surface area contributed by atoms with Crippen LogP contribution in [0, 0.1) is 0 Å². The van der Waals surface area contributed by atoms with Crippen molar-refractivity contribution in [1.82, 2.24) is 20.4 Å². The SMILES string of the molecule is CNc1ccc(-c2nncnn2)cc1. The van der Waals surface area contributed by atoms with Crippen molar-refractivity contribution in [1.29, 1.82) is 0 Å². The van der Waals surface area contributed by atoms with Gasteiger partial charge in [-0.25, -0.2) is 0 Å². The minimum atomic E-state index is 0.537. The van der Waals surface area contributed by atoms with Crippen molar-refractivity contribution in [2.75, 3.05) is 12.4 Å². The number of nitrogens with one attached hydrogen (secondary N) is 1. The zero-order valence-electron chi connectivity index (χ0n) is 7.68. The molecule has 5 heteroatoms. The molecule has 14 heavy (non-hydrogen) atoms. The zero-order chi connectivity index (χ0) is 9.80. The first-order chi connectivity index (χ1) is 6.90. The van der Waals surface area contributed by atoms with Gasteiger partial charge in [0.05, 0.1) is 0 Å². The second kappa shape index (κ2) is 3.78. The van der Waals surface area contributed by atoms with Crippen LogP contribution in [-0.4, -0.2) is 27.4 Å². The summed E-state index contributed by atoms with van der Waals surface area (Å²) in [5.74, 6) is 0.537. The summed E-state index contributed by atoms with van der Waals surface area (Å²) in [5, 5.41) is 18.1. The van der Waals surface area contributed by atoms with Crippen molar-refractivity contribution < 1.29 is 0 Å². The minimum Gasteiger partial charge on any atom is -0.388 e. The summed E-state index contributed by atoms with van der Waals surface area (Å²) in [6.07, 6.45) is 1.31. The Labute approximate surface area is 81.2 Å². The van der Waals surface area contributed by atoms with E-state index in [1.165, 1.54) is 6.33 Å². The Morgan fingerprint density at radius 3 is 2.21 bits per heavy atom. The molecule has 1 aromatic heterocycles. The molecule has 0 aliphatic heterocycles. The molecule has 0 atom stereocenters. The van der Waals surface area contributed by atoms with Crippen LogP contribution in [0.25, 0.3) is 11.4 Å². The fraction of sp³-hybridized carbons (Fsp3) is 0.111. The summed E-state index contributed by atoms with van der Waals surface area (Å²) < 4.78 is 0. The monoisotopic (exact) mass is 187 g/mol. The molecule has 70 valence electrons. The molecule has 2 rings (SSSR count). The molecule has 0 aliphatic rings. The molecular weight excluding hydrogens is 178 g/mol. The van der Waals surface area contributed by atoms with E-state index in [0.717, 1.165) is 11.3 Å². The second-order valence-electron chi connectivity index (χ2n) is 2.70. The Balaban J connectivity index is 2.34. The van der Waals surface area contributed by atoms with Crippen molar-refractivity contribution in [3.63, 3.8) is 0 Å². The van der Waals surface area contributed by atoms with Gasteiger partial charge < -0.3 is 5.32 Å². The van der Waals surface area contributed by atoms with E-state index in [2.05, 4.69) is 25.7 Å². The minimum absolute atomic E-state index is 0.537. The largest absolute Gasteiger partial charge is 0.388 e. The standard InChI is InChI=1S/C9H9N5/c1-10-8-4-2-7(3-5-8)9-13-11-6-12-14-9/h2-6,10H,1H3. The first-order valence-electron chi connectivity index (χ1n) is 4.18. The highest BCUT2D eigenvalue weighted by atomic mass is 15.3. The average Bonchev–Trinajstić information content (AvgIpc) is 2.30. The third-order valence-corrected chi connectivity index (χ3v) is 1.84. The van der Waals surface area contributed by atoms with Gasteiger partial charge in [0.25, 0.3) is 0 Å². The second-order valence-corrected chi connectivity index (χ2v) is 2.70. The topological polar surface area (TPSA) is 63.6 Å². The third-order valence-electron chi connectivity index (χ3n) is 1.84. The summed E-state index contributed by atoms with van der Waals surface area (Å²) in [4.78, 5) is 0. The fourth-order valence-corrected chi connectivity index (χ4v) is 1.11. The Bertz CT molecular complexity index is 397. The number of hydrogen-bond donors (Lipinski definition) is 1. The van der Waals surface area contributed by atoms with E-state index in [-0.39, 0.29) is 0 Å². The highest BCUT2D eigenvalue weighted by Gasteiger charge is 2.00. The quantitative estimate of drug-likeness (QED) is 0.759. The molecule has 0 spiro atoms. The lowest BCUT2D eigenvalue weighted by molar-refractivity contribution is 0.864. The lowest BCUT2D eigenvalue weighted by Crippen LogP contribution is -1.94. The summed E-state index contributed by atoms with van der Waals surface area (Å²) >= 11 is 0. The number of benzene rings is 1. The highest BCUT2D eigenvalue weighted by Crippen LogP contribution is 2.15. The van der Waals surface area contributed by atoms with Gasteiger partial charge in [0.15, 0.2) is 6.33 Å². The van der Waals surface area contributed by atoms with E-state index in [4.69, 9.17) is 0 Å². The van der Waals surface area contributed by atoms with Gasteiger partial charge in [0.1, 0.15) is 0 Å². The molecule has 0 fully saturated rings. The van der Waals surface area contributed by atoms with Crippen LogP contribution in [-0.2, 0) is 0 Å². The van der Waals surface area contributed by atoms with Crippen molar-refractivity contribution in [2.45, 2.75) is 0 Å². The first-order valence-corrected chi connectivity index (χ1v) is 4.18. The third kappa shape index (κ3) is 1.66. The fourth-order valence-electron chi connectivity index (χ4n) is 1.11. The van der Waals surface area contributed by atoms with E-state index in [9.17, 15) is 0 Å². The molecule has 0 saturated carbocycles. The van der Waals surface area contributed by atoms with Gasteiger partial charge in [0.2, 0.25) is 5.82 Å². The van der Waals surface area contributed by atoms with Crippen molar-refractivity contribution in [3.05, 3.63) is 30.6 Å². The Kier molecular flexibility index (Phi) is 2.31. The smallest absolute Gasteiger partial charge is 0.203 e. The van der Waals surface area contributed by atoms with E-state index in [1.54, 1.807) is 0 Å². The maximum absolute atomic E-state index is 3.86. The van der Waals surface area contributed by atoms with Crippen LogP contribution in [0.2, 0.25) is 0 Å². The summed E-state index contributed by atoms with van der Waals surface area (Å²) in [6, 6.07) is 7.74. The van der Waals surface area contributed by atoms with Gasteiger partial charge in [0, 0.05) is 18.3 Å². The van der Waals surface area contributed by atoms with Crippen LogP contribution >= 0.6 is 0 Å². The molecule has 0 saturated heterocycles. The molecular formula is C9H9N5.